The second-order valence-electron chi connectivity index (χ2n) is 10.1. The number of quaternary nitrogens is 1. The van der Waals surface area contributed by atoms with Crippen LogP contribution in [0.3, 0.4) is 0 Å². The van der Waals surface area contributed by atoms with Crippen LogP contribution in [0, 0.1) is 10.8 Å². The number of methoxy groups -OCH3 is 2. The summed E-state index contributed by atoms with van der Waals surface area (Å²) < 4.78 is 10.2. The van der Waals surface area contributed by atoms with Gasteiger partial charge in [0.1, 0.15) is 11.4 Å². The van der Waals surface area contributed by atoms with E-state index in [2.05, 4.69) is 31.1 Å². The van der Waals surface area contributed by atoms with Crippen LogP contribution < -0.4 is 15.0 Å². The predicted molar refractivity (Wildman–Crippen MR) is 115 cm³/mol. The molecule has 2 heterocycles. The topological polar surface area (TPSA) is 84.9 Å². The predicted octanol–water partition coefficient (Wildman–Crippen LogP) is 2.39. The van der Waals surface area contributed by atoms with Crippen molar-refractivity contribution in [3.8, 4) is 5.75 Å². The van der Waals surface area contributed by atoms with E-state index in [4.69, 9.17) is 9.47 Å². The van der Waals surface area contributed by atoms with Crippen molar-refractivity contribution in [2.75, 3.05) is 32.6 Å². The molecular formula is C23H32N3O4+. The average Bonchev–Trinajstić information content (AvgIpc) is 3.13. The second kappa shape index (κ2) is 7.30. The maximum Gasteiger partial charge on any atom is 0.356 e. The number of nitrogens with one attached hydrogen (secondary N) is 3. The molecule has 1 aromatic carbocycles. The van der Waals surface area contributed by atoms with Gasteiger partial charge in [0.15, 0.2) is 6.54 Å². The molecule has 0 spiro atoms. The van der Waals surface area contributed by atoms with Crippen LogP contribution in [0.4, 0.5) is 5.69 Å². The molecule has 2 fully saturated rings. The summed E-state index contributed by atoms with van der Waals surface area (Å²) in [5.41, 5.74) is 2.05. The number of aromatic amines is 1. The molecule has 7 heteroatoms. The minimum Gasteiger partial charge on any atom is -0.497 e. The number of benzene rings is 1. The maximum absolute atomic E-state index is 13.0. The molecule has 3 atom stereocenters. The Balaban J connectivity index is 1.57. The molecule has 1 saturated heterocycles. The minimum absolute atomic E-state index is 0.0826. The lowest BCUT2D eigenvalue weighted by Gasteiger charge is -2.37. The van der Waals surface area contributed by atoms with Gasteiger partial charge < -0.3 is 24.7 Å². The van der Waals surface area contributed by atoms with Crippen molar-refractivity contribution in [1.29, 1.82) is 0 Å². The summed E-state index contributed by atoms with van der Waals surface area (Å²) in [6.45, 7) is 8.45. The number of aromatic nitrogens is 1. The van der Waals surface area contributed by atoms with Crippen LogP contribution in [0.1, 0.15) is 50.5 Å². The van der Waals surface area contributed by atoms with Crippen molar-refractivity contribution in [2.45, 2.75) is 46.1 Å². The second-order valence-corrected chi connectivity index (χ2v) is 10.1. The summed E-state index contributed by atoms with van der Waals surface area (Å²) in [4.78, 5) is 29.7. The highest BCUT2D eigenvalue weighted by Gasteiger charge is 2.53. The van der Waals surface area contributed by atoms with Gasteiger partial charge in [-0.1, -0.05) is 20.8 Å². The lowest BCUT2D eigenvalue weighted by Crippen LogP contribution is -3.15. The third kappa shape index (κ3) is 3.78. The molecule has 1 saturated carbocycles. The Kier molecular flexibility index (Phi) is 5.04. The summed E-state index contributed by atoms with van der Waals surface area (Å²) in [6, 6.07) is 5.96. The Morgan fingerprint density at radius 3 is 2.70 bits per heavy atom. The highest BCUT2D eigenvalue weighted by atomic mass is 16.5. The quantitative estimate of drug-likeness (QED) is 0.656. The Labute approximate surface area is 177 Å². The molecule has 1 aromatic heterocycles. The fourth-order valence-electron chi connectivity index (χ4n) is 6.03. The molecule has 30 heavy (non-hydrogen) atoms. The molecule has 2 aliphatic rings. The van der Waals surface area contributed by atoms with E-state index in [1.54, 1.807) is 13.2 Å². The first-order chi connectivity index (χ1) is 14.1. The van der Waals surface area contributed by atoms with Crippen molar-refractivity contribution < 1.29 is 24.0 Å². The third-order valence-corrected chi connectivity index (χ3v) is 6.72. The third-order valence-electron chi connectivity index (χ3n) is 6.72. The number of fused-ring (bicyclic) bond motifs is 3. The summed E-state index contributed by atoms with van der Waals surface area (Å²) in [6.07, 6.45) is 3.53. The number of carbonyl (C=O) groups is 2. The molecule has 4 rings (SSSR count). The van der Waals surface area contributed by atoms with E-state index in [1.807, 2.05) is 12.1 Å². The zero-order valence-corrected chi connectivity index (χ0v) is 18.5. The van der Waals surface area contributed by atoms with Crippen LogP contribution in [-0.4, -0.2) is 50.2 Å². The number of esters is 1. The molecule has 162 valence electrons. The van der Waals surface area contributed by atoms with Crippen molar-refractivity contribution in [1.82, 2.24) is 4.98 Å². The van der Waals surface area contributed by atoms with Gasteiger partial charge >= 0.3 is 5.97 Å². The lowest BCUT2D eigenvalue weighted by molar-refractivity contribution is -0.906. The van der Waals surface area contributed by atoms with Gasteiger partial charge in [0.25, 0.3) is 5.91 Å². The molecule has 1 amide bonds. The molecule has 1 aliphatic carbocycles. The number of likely N-dealkylation sites (tertiary alicyclic amines) is 1. The first kappa shape index (κ1) is 20.7. The summed E-state index contributed by atoms with van der Waals surface area (Å²) in [5, 5.41) is 3.75. The Hall–Kier alpha value is -2.54. The van der Waals surface area contributed by atoms with Gasteiger partial charge in [0.05, 0.1) is 38.0 Å². The maximum atomic E-state index is 13.0. The number of ether oxygens (including phenoxy) is 2. The van der Waals surface area contributed by atoms with Crippen LogP contribution in [-0.2, 0) is 9.53 Å². The highest BCUT2D eigenvalue weighted by molar-refractivity contribution is 6.11. The number of anilines is 1. The Morgan fingerprint density at radius 1 is 1.23 bits per heavy atom. The monoisotopic (exact) mass is 414 g/mol. The molecular weight excluding hydrogens is 382 g/mol. The number of hydrogen-bond acceptors (Lipinski definition) is 4. The molecule has 7 nitrogen and oxygen atoms in total. The zero-order chi connectivity index (χ0) is 21.7. The number of hydrogen-bond donors (Lipinski definition) is 3. The summed E-state index contributed by atoms with van der Waals surface area (Å²) in [7, 11) is 2.92. The molecule has 1 aliphatic heterocycles. The van der Waals surface area contributed by atoms with Crippen molar-refractivity contribution in [2.24, 2.45) is 10.8 Å². The van der Waals surface area contributed by atoms with Crippen molar-refractivity contribution >= 4 is 28.5 Å². The van der Waals surface area contributed by atoms with E-state index in [9.17, 15) is 9.59 Å². The van der Waals surface area contributed by atoms with E-state index in [0.717, 1.165) is 18.4 Å². The van der Waals surface area contributed by atoms with Gasteiger partial charge in [0, 0.05) is 29.7 Å². The summed E-state index contributed by atoms with van der Waals surface area (Å²) >= 11 is 0. The van der Waals surface area contributed by atoms with Crippen LogP contribution >= 0.6 is 0 Å². The minimum atomic E-state index is -0.515. The van der Waals surface area contributed by atoms with Crippen molar-refractivity contribution in [3.63, 3.8) is 0 Å². The first-order valence-electron chi connectivity index (χ1n) is 10.6. The average molecular weight is 415 g/mol. The molecule has 3 N–H and O–H groups in total. The van der Waals surface area contributed by atoms with Gasteiger partial charge in [-0.2, -0.15) is 0 Å². The van der Waals surface area contributed by atoms with E-state index in [0.29, 0.717) is 40.4 Å². The van der Waals surface area contributed by atoms with Crippen LogP contribution in [0.25, 0.3) is 10.9 Å². The summed E-state index contributed by atoms with van der Waals surface area (Å²) in [5.74, 6) is 0.0719. The highest BCUT2D eigenvalue weighted by Crippen LogP contribution is 2.47. The molecule has 2 aromatic rings. The number of rotatable bonds is 5. The van der Waals surface area contributed by atoms with Crippen LogP contribution in [0.5, 0.6) is 5.75 Å². The SMILES string of the molecule is COC(=O)c1[nH]c2cc(OC)ccc2c1NC(=O)C[NH+]1C[C@]2(C)C[C@H]1CC(C)(C)C2. The van der Waals surface area contributed by atoms with Gasteiger partial charge in [-0.25, -0.2) is 4.79 Å². The lowest BCUT2D eigenvalue weighted by atomic mass is 9.65. The fourth-order valence-corrected chi connectivity index (χ4v) is 6.03. The van der Waals surface area contributed by atoms with E-state index in [1.165, 1.54) is 24.9 Å². The van der Waals surface area contributed by atoms with Gasteiger partial charge in [-0.05, 0) is 24.0 Å². The Bertz CT molecular complexity index is 996. The first-order valence-corrected chi connectivity index (χ1v) is 10.6. The smallest absolute Gasteiger partial charge is 0.356 e. The molecule has 2 bridgehead atoms. The molecule has 1 unspecified atom stereocenters. The largest absolute Gasteiger partial charge is 0.497 e. The number of amides is 1. The van der Waals surface area contributed by atoms with E-state index < -0.39 is 5.97 Å². The number of H-pyrrole nitrogens is 1. The number of carbonyl (C=O) groups excluding carboxylic acids is 2. The van der Waals surface area contributed by atoms with Gasteiger partial charge in [-0.15, -0.1) is 0 Å². The normalized spacial score (nSPS) is 27.1. The van der Waals surface area contributed by atoms with Crippen molar-refractivity contribution in [3.05, 3.63) is 23.9 Å². The van der Waals surface area contributed by atoms with Gasteiger partial charge in [0.2, 0.25) is 0 Å². The molecule has 0 radical (unpaired) electrons. The van der Waals surface area contributed by atoms with Crippen LogP contribution in [0.15, 0.2) is 18.2 Å². The fraction of sp³-hybridized carbons (Fsp3) is 0.565. The van der Waals surface area contributed by atoms with E-state index in [-0.39, 0.29) is 11.6 Å². The Morgan fingerprint density at radius 2 is 2.00 bits per heavy atom. The van der Waals surface area contributed by atoms with Crippen LogP contribution in [0.2, 0.25) is 0 Å². The standard InChI is InChI=1S/C23H31N3O4/c1-22(2)9-14-10-23(3,12-22)13-26(14)11-18(27)25-19-16-7-6-15(29-4)8-17(16)24-20(19)21(28)30-5/h6-8,14,24H,9-13H2,1-5H3,(H,25,27)/p+1/t14-,23-/m1/s1. The zero-order valence-electron chi connectivity index (χ0n) is 18.5. The van der Waals surface area contributed by atoms with Gasteiger partial charge in [-0.3, -0.25) is 4.79 Å². The van der Waals surface area contributed by atoms with E-state index >= 15 is 0 Å².